The Labute approximate surface area is 184 Å². The predicted octanol–water partition coefficient (Wildman–Crippen LogP) is 2.46. The summed E-state index contributed by atoms with van der Waals surface area (Å²) in [6.45, 7) is 7.09. The molecule has 2 aliphatic rings. The quantitative estimate of drug-likeness (QED) is 0.711. The number of amides is 1. The van der Waals surface area contributed by atoms with E-state index < -0.39 is 10.0 Å². The molecule has 0 bridgehead atoms. The van der Waals surface area contributed by atoms with Gasteiger partial charge in [0, 0.05) is 63.8 Å². The summed E-state index contributed by atoms with van der Waals surface area (Å²) < 4.78 is 27.3. The molecule has 0 spiro atoms. The molecule has 2 aromatic rings. The molecule has 31 heavy (non-hydrogen) atoms. The van der Waals surface area contributed by atoms with Crippen molar-refractivity contribution in [1.82, 2.24) is 19.1 Å². The summed E-state index contributed by atoms with van der Waals surface area (Å²) in [5.41, 5.74) is 1.75. The zero-order valence-electron chi connectivity index (χ0n) is 18.0. The minimum absolute atomic E-state index is 0.0423. The van der Waals surface area contributed by atoms with Crippen LogP contribution in [0.1, 0.15) is 35.7 Å². The number of aromatic nitrogens is 1. The molecule has 166 valence electrons. The molecule has 2 saturated heterocycles. The van der Waals surface area contributed by atoms with Crippen LogP contribution in [0.5, 0.6) is 0 Å². The second kappa shape index (κ2) is 9.46. The average molecular weight is 443 g/mol. The fraction of sp³-hybridized carbons (Fsp3) is 0.478. The van der Waals surface area contributed by atoms with Crippen LogP contribution in [0.15, 0.2) is 53.7 Å². The van der Waals surface area contributed by atoms with Crippen molar-refractivity contribution in [3.8, 4) is 0 Å². The number of pyridine rings is 1. The standard InChI is InChI=1S/C23H30N4O3S/c1-19-8-12-27(13-9-19)31(29,30)22-4-2-21(3-5-22)23(28)26-16-14-25(15-17-26)18-20-6-10-24-11-7-20/h2-7,10-11,19H,8-9,12-18H2,1H3. The number of piperidine rings is 1. The number of hydrogen-bond acceptors (Lipinski definition) is 5. The monoisotopic (exact) mass is 442 g/mol. The summed E-state index contributed by atoms with van der Waals surface area (Å²) in [7, 11) is -3.49. The molecule has 0 unspecified atom stereocenters. The largest absolute Gasteiger partial charge is 0.336 e. The number of carbonyl (C=O) groups excluding carboxylic acids is 1. The lowest BCUT2D eigenvalue weighted by Gasteiger charge is -2.34. The first-order valence-electron chi connectivity index (χ1n) is 10.9. The predicted molar refractivity (Wildman–Crippen MR) is 119 cm³/mol. The van der Waals surface area contributed by atoms with E-state index in [2.05, 4.69) is 16.8 Å². The Hall–Kier alpha value is -2.29. The van der Waals surface area contributed by atoms with Gasteiger partial charge in [0.2, 0.25) is 10.0 Å². The second-order valence-electron chi connectivity index (χ2n) is 8.53. The van der Waals surface area contributed by atoms with Gasteiger partial charge >= 0.3 is 0 Å². The summed E-state index contributed by atoms with van der Waals surface area (Å²) >= 11 is 0. The van der Waals surface area contributed by atoms with Gasteiger partial charge in [0.1, 0.15) is 0 Å². The number of sulfonamides is 1. The van der Waals surface area contributed by atoms with E-state index in [9.17, 15) is 13.2 Å². The minimum atomic E-state index is -3.49. The molecule has 2 fully saturated rings. The topological polar surface area (TPSA) is 73.8 Å². The van der Waals surface area contributed by atoms with E-state index >= 15 is 0 Å². The molecule has 0 N–H and O–H groups in total. The third-order valence-electron chi connectivity index (χ3n) is 6.30. The van der Waals surface area contributed by atoms with Crippen molar-refractivity contribution in [3.63, 3.8) is 0 Å². The van der Waals surface area contributed by atoms with E-state index in [1.54, 1.807) is 41.0 Å². The summed E-state index contributed by atoms with van der Waals surface area (Å²) in [4.78, 5) is 21.4. The first kappa shape index (κ1) is 21.9. The molecule has 7 nitrogen and oxygen atoms in total. The van der Waals surface area contributed by atoms with Crippen LogP contribution in [-0.2, 0) is 16.6 Å². The number of benzene rings is 1. The number of hydrogen-bond donors (Lipinski definition) is 0. The van der Waals surface area contributed by atoms with Gasteiger partial charge in [0.05, 0.1) is 4.90 Å². The fourth-order valence-corrected chi connectivity index (χ4v) is 5.65. The third-order valence-corrected chi connectivity index (χ3v) is 8.21. The Morgan fingerprint density at radius 1 is 0.935 bits per heavy atom. The van der Waals surface area contributed by atoms with Crippen LogP contribution in [0, 0.1) is 5.92 Å². The molecule has 0 atom stereocenters. The summed E-state index contributed by atoms with van der Waals surface area (Å²) in [5, 5.41) is 0. The maximum atomic E-state index is 12.9. The van der Waals surface area contributed by atoms with Gasteiger partial charge in [0.25, 0.3) is 5.91 Å². The molecule has 4 rings (SSSR count). The lowest BCUT2D eigenvalue weighted by molar-refractivity contribution is 0.0628. The molecule has 1 amide bonds. The summed E-state index contributed by atoms with van der Waals surface area (Å²) in [6, 6.07) is 10.5. The molecular weight excluding hydrogens is 412 g/mol. The van der Waals surface area contributed by atoms with Crippen molar-refractivity contribution in [2.45, 2.75) is 31.2 Å². The molecule has 1 aromatic carbocycles. The fourth-order valence-electron chi connectivity index (χ4n) is 4.18. The lowest BCUT2D eigenvalue weighted by atomic mass is 10.0. The Balaban J connectivity index is 1.34. The summed E-state index contributed by atoms with van der Waals surface area (Å²) in [5.74, 6) is 0.524. The Kier molecular flexibility index (Phi) is 6.69. The van der Waals surface area contributed by atoms with Crippen molar-refractivity contribution in [3.05, 3.63) is 59.9 Å². The molecular formula is C23H30N4O3S. The van der Waals surface area contributed by atoms with Gasteiger partial charge in [-0.1, -0.05) is 6.92 Å². The number of nitrogens with zero attached hydrogens (tertiary/aromatic N) is 4. The van der Waals surface area contributed by atoms with Crippen LogP contribution in [0.4, 0.5) is 0 Å². The SMILES string of the molecule is CC1CCN(S(=O)(=O)c2ccc(C(=O)N3CCN(Cc4ccncc4)CC3)cc2)CC1. The molecule has 0 saturated carbocycles. The van der Waals surface area contributed by atoms with Crippen molar-refractivity contribution < 1.29 is 13.2 Å². The van der Waals surface area contributed by atoms with Gasteiger partial charge in [0.15, 0.2) is 0 Å². The normalized spacial score (nSPS) is 19.5. The minimum Gasteiger partial charge on any atom is -0.336 e. The number of piperazine rings is 1. The zero-order valence-corrected chi connectivity index (χ0v) is 18.8. The van der Waals surface area contributed by atoms with E-state index in [1.165, 1.54) is 5.56 Å². The van der Waals surface area contributed by atoms with Crippen LogP contribution in [0.3, 0.4) is 0 Å². The highest BCUT2D eigenvalue weighted by Gasteiger charge is 2.28. The molecule has 8 heteroatoms. The van der Waals surface area contributed by atoms with E-state index in [4.69, 9.17) is 0 Å². The highest BCUT2D eigenvalue weighted by Crippen LogP contribution is 2.24. The third kappa shape index (κ3) is 5.14. The molecule has 0 aliphatic carbocycles. The lowest BCUT2D eigenvalue weighted by Crippen LogP contribution is -2.48. The van der Waals surface area contributed by atoms with E-state index in [0.717, 1.165) is 32.5 Å². The van der Waals surface area contributed by atoms with Gasteiger partial charge in [-0.2, -0.15) is 4.31 Å². The Bertz CT molecular complexity index is 979. The van der Waals surface area contributed by atoms with E-state index in [0.29, 0.717) is 37.7 Å². The van der Waals surface area contributed by atoms with E-state index in [1.807, 2.05) is 17.0 Å². The molecule has 2 aliphatic heterocycles. The van der Waals surface area contributed by atoms with Gasteiger partial charge in [-0.3, -0.25) is 14.7 Å². The molecule has 1 aromatic heterocycles. The number of rotatable bonds is 5. The zero-order chi connectivity index (χ0) is 21.8. The van der Waals surface area contributed by atoms with Crippen LogP contribution in [0.2, 0.25) is 0 Å². The van der Waals surface area contributed by atoms with Crippen LogP contribution in [0.25, 0.3) is 0 Å². The van der Waals surface area contributed by atoms with E-state index in [-0.39, 0.29) is 10.8 Å². The highest BCUT2D eigenvalue weighted by atomic mass is 32.2. The number of carbonyl (C=O) groups is 1. The maximum absolute atomic E-state index is 12.9. The van der Waals surface area contributed by atoms with Crippen LogP contribution >= 0.6 is 0 Å². The van der Waals surface area contributed by atoms with Crippen molar-refractivity contribution in [1.29, 1.82) is 0 Å². The Morgan fingerprint density at radius 2 is 1.55 bits per heavy atom. The smallest absolute Gasteiger partial charge is 0.253 e. The first-order chi connectivity index (χ1) is 14.9. The van der Waals surface area contributed by atoms with Crippen molar-refractivity contribution in [2.75, 3.05) is 39.3 Å². The molecule has 3 heterocycles. The Morgan fingerprint density at radius 3 is 2.16 bits per heavy atom. The van der Waals surface area contributed by atoms with Gasteiger partial charge in [-0.25, -0.2) is 8.42 Å². The van der Waals surface area contributed by atoms with Crippen LogP contribution in [-0.4, -0.2) is 72.7 Å². The first-order valence-corrected chi connectivity index (χ1v) is 12.4. The van der Waals surface area contributed by atoms with Gasteiger partial charge < -0.3 is 4.90 Å². The van der Waals surface area contributed by atoms with Crippen molar-refractivity contribution >= 4 is 15.9 Å². The van der Waals surface area contributed by atoms with Gasteiger partial charge in [-0.05, 0) is 60.7 Å². The van der Waals surface area contributed by atoms with Crippen LogP contribution < -0.4 is 0 Å². The second-order valence-corrected chi connectivity index (χ2v) is 10.5. The van der Waals surface area contributed by atoms with Gasteiger partial charge in [-0.15, -0.1) is 0 Å². The average Bonchev–Trinajstić information content (AvgIpc) is 2.80. The maximum Gasteiger partial charge on any atom is 0.253 e. The molecule has 0 radical (unpaired) electrons. The highest BCUT2D eigenvalue weighted by molar-refractivity contribution is 7.89. The summed E-state index contributed by atoms with van der Waals surface area (Å²) in [6.07, 6.45) is 5.38. The van der Waals surface area contributed by atoms with Crippen molar-refractivity contribution in [2.24, 2.45) is 5.92 Å².